The predicted molar refractivity (Wildman–Crippen MR) is 111 cm³/mol. The van der Waals surface area contributed by atoms with Crippen LogP contribution in [0.2, 0.25) is 0 Å². The molecule has 0 aliphatic rings. The van der Waals surface area contributed by atoms with E-state index in [1.165, 1.54) is 0 Å². The molecule has 1 heterocycles. The van der Waals surface area contributed by atoms with E-state index in [2.05, 4.69) is 10.2 Å². The maximum atomic E-state index is 12.5. The van der Waals surface area contributed by atoms with E-state index in [9.17, 15) is 4.57 Å². The van der Waals surface area contributed by atoms with Crippen LogP contribution in [0.15, 0.2) is 72.8 Å². The van der Waals surface area contributed by atoms with Crippen molar-refractivity contribution in [3.63, 3.8) is 0 Å². The third kappa shape index (κ3) is 3.97. The summed E-state index contributed by atoms with van der Waals surface area (Å²) in [7, 11) is -1.96. The maximum absolute atomic E-state index is 12.5. The Bertz CT molecular complexity index is 1120. The zero-order valence-electron chi connectivity index (χ0n) is 14.8. The molecule has 27 heavy (non-hydrogen) atoms. The summed E-state index contributed by atoms with van der Waals surface area (Å²) in [5, 5.41) is 8.97. The van der Waals surface area contributed by atoms with Crippen molar-refractivity contribution in [3.05, 3.63) is 89.6 Å². The smallest absolute Gasteiger partial charge is 0.277 e. The monoisotopic (exact) mass is 373 g/mol. The van der Waals surface area contributed by atoms with Gasteiger partial charge in [0.05, 0.1) is 11.2 Å². The van der Waals surface area contributed by atoms with E-state index in [1.807, 2.05) is 85.8 Å². The second-order valence-electron chi connectivity index (χ2n) is 6.24. The van der Waals surface area contributed by atoms with Gasteiger partial charge in [-0.05, 0) is 53.5 Å². The first-order chi connectivity index (χ1) is 13.2. The topological polar surface area (TPSA) is 55.0 Å². The molecule has 0 aliphatic heterocycles. The number of hydrogen-bond acceptors (Lipinski definition) is 3. The van der Waals surface area contributed by atoms with Crippen LogP contribution >= 0.6 is 8.03 Å². The van der Waals surface area contributed by atoms with Crippen molar-refractivity contribution in [1.82, 2.24) is 10.2 Å². The molecule has 0 saturated heterocycles. The molecule has 4 aromatic rings. The Morgan fingerprint density at radius 3 is 2.52 bits per heavy atom. The van der Waals surface area contributed by atoms with Crippen molar-refractivity contribution in [2.75, 3.05) is 0 Å². The van der Waals surface area contributed by atoms with Crippen LogP contribution in [0, 0.1) is 6.92 Å². The molecule has 0 amide bonds. The largest absolute Gasteiger partial charge is 0.597 e. The van der Waals surface area contributed by atoms with Crippen LogP contribution in [0.1, 0.15) is 16.8 Å². The molecule has 1 atom stereocenters. The average Bonchev–Trinajstić information content (AvgIpc) is 3.10. The molecule has 1 unspecified atom stereocenters. The van der Waals surface area contributed by atoms with Gasteiger partial charge < -0.3 is 0 Å². The molecule has 0 saturated carbocycles. The Kier molecular flexibility index (Phi) is 4.82. The fourth-order valence-electron chi connectivity index (χ4n) is 2.75. The van der Waals surface area contributed by atoms with E-state index in [0.29, 0.717) is 11.1 Å². The van der Waals surface area contributed by atoms with Gasteiger partial charge in [-0.25, -0.2) is 0 Å². The molecular weight excluding hydrogens is 355 g/mol. The number of aryl methyl sites for hydroxylation is 1. The number of fused-ring (bicyclic) bond motifs is 1. The molecule has 5 heteroatoms. The van der Waals surface area contributed by atoms with Gasteiger partial charge in [-0.1, -0.05) is 54.1 Å². The van der Waals surface area contributed by atoms with Gasteiger partial charge in [-0.15, -0.1) is 0 Å². The van der Waals surface area contributed by atoms with E-state index < -0.39 is 8.03 Å². The lowest BCUT2D eigenvalue weighted by molar-refractivity contribution is 0.515. The molecule has 3 aromatic carbocycles. The van der Waals surface area contributed by atoms with E-state index in [1.54, 1.807) is 6.07 Å². The Morgan fingerprint density at radius 2 is 1.74 bits per heavy atom. The molecule has 4 nitrogen and oxygen atoms in total. The van der Waals surface area contributed by atoms with Crippen molar-refractivity contribution < 1.29 is 9.09 Å². The molecule has 0 radical (unpaired) electrons. The first kappa shape index (κ1) is 17.2. The first-order valence-electron chi connectivity index (χ1n) is 8.62. The van der Waals surface area contributed by atoms with Gasteiger partial charge in [0.2, 0.25) is 5.30 Å². The van der Waals surface area contributed by atoms with Gasteiger partial charge in [0.1, 0.15) is 0 Å². The minimum atomic E-state index is -1.96. The fraction of sp³-hybridized carbons (Fsp3) is 0.0455. The highest BCUT2D eigenvalue weighted by Crippen LogP contribution is 2.30. The molecule has 0 fully saturated rings. The molecule has 4 rings (SSSR count). The second kappa shape index (κ2) is 7.56. The average molecular weight is 373 g/mol. The van der Waals surface area contributed by atoms with Crippen molar-refractivity contribution in [2.45, 2.75) is 6.92 Å². The highest BCUT2D eigenvalue weighted by Gasteiger charge is 2.23. The van der Waals surface area contributed by atoms with Gasteiger partial charge >= 0.3 is 8.03 Å². The summed E-state index contributed by atoms with van der Waals surface area (Å²) >= 11 is 0. The normalized spacial score (nSPS) is 11.8. The van der Waals surface area contributed by atoms with Crippen LogP contribution in [0.3, 0.4) is 0 Å². The summed E-state index contributed by atoms with van der Waals surface area (Å²) in [4.78, 5) is 0. The predicted octanol–water partition coefficient (Wildman–Crippen LogP) is 5.49. The first-order valence-corrected chi connectivity index (χ1v) is 9.80. The van der Waals surface area contributed by atoms with E-state index in [4.69, 9.17) is 4.52 Å². The van der Waals surface area contributed by atoms with Gasteiger partial charge in [0.15, 0.2) is 5.75 Å². The Labute approximate surface area is 158 Å². The lowest BCUT2D eigenvalue weighted by Gasteiger charge is -1.96. The number of benzene rings is 3. The highest BCUT2D eigenvalue weighted by molar-refractivity contribution is 7.48. The summed E-state index contributed by atoms with van der Waals surface area (Å²) in [5.74, 6) is 0.556. The van der Waals surface area contributed by atoms with Crippen molar-refractivity contribution in [3.8, 4) is 5.75 Å². The van der Waals surface area contributed by atoms with Gasteiger partial charge in [0, 0.05) is 5.39 Å². The molecule has 0 aliphatic carbocycles. The van der Waals surface area contributed by atoms with Crippen LogP contribution in [0.4, 0.5) is 0 Å². The van der Waals surface area contributed by atoms with Gasteiger partial charge in [-0.2, -0.15) is 5.10 Å². The zero-order chi connectivity index (χ0) is 18.6. The van der Waals surface area contributed by atoms with Gasteiger partial charge in [-0.3, -0.25) is 9.62 Å². The summed E-state index contributed by atoms with van der Waals surface area (Å²) in [6, 6.07) is 23.1. The van der Waals surface area contributed by atoms with E-state index >= 15 is 0 Å². The summed E-state index contributed by atoms with van der Waals surface area (Å²) < 4.78 is 18.2. The van der Waals surface area contributed by atoms with Crippen LogP contribution < -0.4 is 9.83 Å². The second-order valence-corrected chi connectivity index (χ2v) is 7.46. The van der Waals surface area contributed by atoms with Crippen LogP contribution in [0.25, 0.3) is 23.1 Å². The van der Waals surface area contributed by atoms with Crippen molar-refractivity contribution in [2.24, 2.45) is 0 Å². The van der Waals surface area contributed by atoms with E-state index in [-0.39, 0.29) is 0 Å². The Morgan fingerprint density at radius 1 is 0.963 bits per heavy atom. The molecule has 0 bridgehead atoms. The van der Waals surface area contributed by atoms with Crippen LogP contribution in [-0.4, -0.2) is 10.2 Å². The third-order valence-electron chi connectivity index (χ3n) is 4.23. The fourth-order valence-corrected chi connectivity index (χ4v) is 3.55. The molecule has 1 N–H and O–H groups in total. The molecule has 0 spiro atoms. The van der Waals surface area contributed by atoms with Crippen LogP contribution in [-0.2, 0) is 4.57 Å². The minimum absolute atomic E-state index is 0.556. The summed E-state index contributed by atoms with van der Waals surface area (Å²) in [6.07, 6.45) is 3.97. The number of aromatic nitrogens is 2. The minimum Gasteiger partial charge on any atom is -0.277 e. The molecular formula is C22H18N2O2P+. The number of rotatable bonds is 5. The van der Waals surface area contributed by atoms with Crippen molar-refractivity contribution in [1.29, 1.82) is 0 Å². The number of nitrogens with zero attached hydrogens (tertiary/aromatic N) is 1. The zero-order valence-corrected chi connectivity index (χ0v) is 15.7. The lowest BCUT2D eigenvalue weighted by atomic mass is 10.1. The SMILES string of the molecule is Cc1ccc([P+](=O)Oc2ccc3[nH]nc(C=Cc4ccccc4)c3c2)cc1. The number of hydrogen-bond donors (Lipinski definition) is 1. The van der Waals surface area contributed by atoms with E-state index in [0.717, 1.165) is 27.7 Å². The maximum Gasteiger partial charge on any atom is 0.597 e. The Balaban J connectivity index is 1.59. The molecule has 1 aromatic heterocycles. The number of H-pyrrole nitrogens is 1. The summed E-state index contributed by atoms with van der Waals surface area (Å²) in [5.41, 5.74) is 3.94. The van der Waals surface area contributed by atoms with Crippen LogP contribution in [0.5, 0.6) is 5.75 Å². The van der Waals surface area contributed by atoms with Gasteiger partial charge in [0.25, 0.3) is 0 Å². The third-order valence-corrected chi connectivity index (χ3v) is 5.33. The highest BCUT2D eigenvalue weighted by atomic mass is 31.1. The number of nitrogens with one attached hydrogen (secondary N) is 1. The molecule has 132 valence electrons. The van der Waals surface area contributed by atoms with Crippen molar-refractivity contribution >= 4 is 36.4 Å². The standard InChI is InChI=1S/C22H18N2O2P/c1-16-7-11-19(12-8-16)27(25)26-18-10-14-22-20(15-18)21(23-24-22)13-9-17-5-3-2-4-6-17/h2-15H,1H3,(H,23,24)/q+1. The summed E-state index contributed by atoms with van der Waals surface area (Å²) in [6.45, 7) is 2.00. The Hall–Kier alpha value is -3.23. The lowest BCUT2D eigenvalue weighted by Crippen LogP contribution is -1.99. The quantitative estimate of drug-likeness (QED) is 0.471. The number of aromatic amines is 1.